The fourth-order valence-electron chi connectivity index (χ4n) is 1.76. The minimum Gasteiger partial charge on any atom is -0.315 e. The average molecular weight is 248 g/mol. The zero-order valence-corrected chi connectivity index (χ0v) is 11.3. The molecule has 1 saturated carbocycles. The van der Waals surface area contributed by atoms with Crippen LogP contribution in [0.2, 0.25) is 0 Å². The summed E-state index contributed by atoms with van der Waals surface area (Å²) >= 11 is 0. The molecule has 1 aliphatic rings. The molecule has 0 bridgehead atoms. The highest BCUT2D eigenvalue weighted by atomic mass is 32.2. The molecular weight excluding hydrogens is 224 g/mol. The van der Waals surface area contributed by atoms with Gasteiger partial charge in [-0.15, -0.1) is 0 Å². The van der Waals surface area contributed by atoms with E-state index in [2.05, 4.69) is 23.9 Å². The van der Waals surface area contributed by atoms with Crippen LogP contribution >= 0.6 is 0 Å². The molecule has 5 heteroatoms. The van der Waals surface area contributed by atoms with Crippen molar-refractivity contribution < 1.29 is 8.42 Å². The van der Waals surface area contributed by atoms with Gasteiger partial charge in [0, 0.05) is 12.6 Å². The second-order valence-corrected chi connectivity index (χ2v) is 6.82. The zero-order valence-electron chi connectivity index (χ0n) is 10.5. The molecule has 1 rings (SSSR count). The predicted molar refractivity (Wildman–Crippen MR) is 66.9 cm³/mol. The van der Waals surface area contributed by atoms with Crippen molar-refractivity contribution in [2.24, 2.45) is 5.92 Å². The Morgan fingerprint density at radius 2 is 2.06 bits per heavy atom. The Balaban J connectivity index is 2.32. The third-order valence-corrected chi connectivity index (χ3v) is 5.01. The first-order valence-corrected chi connectivity index (χ1v) is 7.77. The van der Waals surface area contributed by atoms with Gasteiger partial charge in [0.15, 0.2) is 0 Å². The maximum Gasteiger partial charge on any atom is 0.215 e. The van der Waals surface area contributed by atoms with E-state index in [1.54, 1.807) is 6.92 Å². The Hall–Kier alpha value is -0.130. The van der Waals surface area contributed by atoms with Crippen molar-refractivity contribution in [3.8, 4) is 0 Å². The number of sulfonamides is 1. The van der Waals surface area contributed by atoms with Gasteiger partial charge in [-0.1, -0.05) is 20.3 Å². The van der Waals surface area contributed by atoms with Crippen LogP contribution in [0.1, 0.15) is 40.0 Å². The molecule has 2 N–H and O–H groups in total. The molecule has 1 fully saturated rings. The molecule has 0 amide bonds. The summed E-state index contributed by atoms with van der Waals surface area (Å²) in [7, 11) is -3.13. The van der Waals surface area contributed by atoms with Crippen LogP contribution in [-0.4, -0.2) is 32.8 Å². The summed E-state index contributed by atoms with van der Waals surface area (Å²) in [6.45, 7) is 7.34. The SMILES string of the molecule is CCCNCC(C)S(=O)(=O)NC1CC1CC. The lowest BCUT2D eigenvalue weighted by Gasteiger charge is -2.14. The van der Waals surface area contributed by atoms with Crippen LogP contribution in [0.4, 0.5) is 0 Å². The minimum atomic E-state index is -3.13. The zero-order chi connectivity index (χ0) is 12.2. The maximum absolute atomic E-state index is 11.9. The van der Waals surface area contributed by atoms with Crippen LogP contribution in [0.5, 0.6) is 0 Å². The highest BCUT2D eigenvalue weighted by Gasteiger charge is 2.39. The van der Waals surface area contributed by atoms with Gasteiger partial charge in [0.1, 0.15) is 0 Å². The van der Waals surface area contributed by atoms with Crippen molar-refractivity contribution in [1.29, 1.82) is 0 Å². The molecule has 0 aliphatic heterocycles. The van der Waals surface area contributed by atoms with Gasteiger partial charge in [-0.3, -0.25) is 0 Å². The fraction of sp³-hybridized carbons (Fsp3) is 1.00. The highest BCUT2D eigenvalue weighted by Crippen LogP contribution is 2.33. The van der Waals surface area contributed by atoms with E-state index >= 15 is 0 Å². The molecule has 3 unspecified atom stereocenters. The van der Waals surface area contributed by atoms with Gasteiger partial charge in [-0.2, -0.15) is 0 Å². The lowest BCUT2D eigenvalue weighted by Crippen LogP contribution is -2.40. The van der Waals surface area contributed by atoms with Gasteiger partial charge in [0.25, 0.3) is 0 Å². The molecule has 0 saturated heterocycles. The average Bonchev–Trinajstić information content (AvgIpc) is 2.95. The molecule has 0 heterocycles. The van der Waals surface area contributed by atoms with Gasteiger partial charge >= 0.3 is 0 Å². The summed E-state index contributed by atoms with van der Waals surface area (Å²) in [5, 5.41) is 2.79. The molecule has 0 aromatic rings. The van der Waals surface area contributed by atoms with Crippen molar-refractivity contribution in [2.45, 2.75) is 51.3 Å². The minimum absolute atomic E-state index is 0.198. The Bertz CT molecular complexity index is 303. The van der Waals surface area contributed by atoms with Gasteiger partial charge < -0.3 is 5.32 Å². The van der Waals surface area contributed by atoms with Gasteiger partial charge in [0.05, 0.1) is 5.25 Å². The standard InChI is InChI=1S/C11H24N2O2S/c1-4-6-12-8-9(3)16(14,15)13-11-7-10(11)5-2/h9-13H,4-8H2,1-3H3. The van der Waals surface area contributed by atoms with Crippen LogP contribution in [0.15, 0.2) is 0 Å². The van der Waals surface area contributed by atoms with Crippen molar-refractivity contribution >= 4 is 10.0 Å². The van der Waals surface area contributed by atoms with E-state index in [1.165, 1.54) is 0 Å². The van der Waals surface area contributed by atoms with Gasteiger partial charge in [-0.05, 0) is 32.2 Å². The summed E-state index contributed by atoms with van der Waals surface area (Å²) in [6.07, 6.45) is 3.10. The first-order chi connectivity index (χ1) is 7.51. The summed E-state index contributed by atoms with van der Waals surface area (Å²) in [5.41, 5.74) is 0. The number of rotatable bonds is 8. The van der Waals surface area contributed by atoms with Crippen LogP contribution in [-0.2, 0) is 10.0 Å². The predicted octanol–water partition coefficient (Wildman–Crippen LogP) is 1.09. The molecule has 96 valence electrons. The molecule has 16 heavy (non-hydrogen) atoms. The van der Waals surface area contributed by atoms with E-state index in [0.717, 1.165) is 25.8 Å². The first-order valence-electron chi connectivity index (χ1n) is 6.23. The number of hydrogen-bond donors (Lipinski definition) is 2. The first kappa shape index (κ1) is 13.9. The van der Waals surface area contributed by atoms with E-state index in [9.17, 15) is 8.42 Å². The van der Waals surface area contributed by atoms with Crippen molar-refractivity contribution in [3.63, 3.8) is 0 Å². The molecule has 4 nitrogen and oxygen atoms in total. The number of nitrogens with one attached hydrogen (secondary N) is 2. The van der Waals surface area contributed by atoms with E-state index in [0.29, 0.717) is 12.5 Å². The second kappa shape index (κ2) is 5.98. The molecule has 1 aliphatic carbocycles. The van der Waals surface area contributed by atoms with E-state index in [1.807, 2.05) is 0 Å². The van der Waals surface area contributed by atoms with Crippen molar-refractivity contribution in [2.75, 3.05) is 13.1 Å². The van der Waals surface area contributed by atoms with Crippen LogP contribution in [0.3, 0.4) is 0 Å². The smallest absolute Gasteiger partial charge is 0.215 e. The maximum atomic E-state index is 11.9. The number of hydrogen-bond acceptors (Lipinski definition) is 3. The summed E-state index contributed by atoms with van der Waals surface area (Å²) in [5.74, 6) is 0.561. The van der Waals surface area contributed by atoms with E-state index in [-0.39, 0.29) is 11.3 Å². The Labute approximate surface area is 99.2 Å². The fourth-order valence-corrected chi connectivity index (χ4v) is 3.04. The topological polar surface area (TPSA) is 58.2 Å². The van der Waals surface area contributed by atoms with E-state index < -0.39 is 10.0 Å². The molecule has 3 atom stereocenters. The molecule has 0 spiro atoms. The van der Waals surface area contributed by atoms with Crippen LogP contribution < -0.4 is 10.0 Å². The third kappa shape index (κ3) is 4.03. The summed E-state index contributed by atoms with van der Waals surface area (Å²) < 4.78 is 26.6. The Kier molecular flexibility index (Phi) is 5.21. The van der Waals surface area contributed by atoms with Crippen LogP contribution in [0.25, 0.3) is 0 Å². The second-order valence-electron chi connectivity index (χ2n) is 4.69. The van der Waals surface area contributed by atoms with Crippen molar-refractivity contribution in [1.82, 2.24) is 10.0 Å². The van der Waals surface area contributed by atoms with Gasteiger partial charge in [0.2, 0.25) is 10.0 Å². The van der Waals surface area contributed by atoms with E-state index in [4.69, 9.17) is 0 Å². The molecule has 0 radical (unpaired) electrons. The van der Waals surface area contributed by atoms with Crippen LogP contribution in [0, 0.1) is 5.92 Å². The highest BCUT2D eigenvalue weighted by molar-refractivity contribution is 7.90. The monoisotopic (exact) mass is 248 g/mol. The lowest BCUT2D eigenvalue weighted by atomic mass is 10.3. The summed E-state index contributed by atoms with van der Waals surface area (Å²) in [6, 6.07) is 0.198. The van der Waals surface area contributed by atoms with Gasteiger partial charge in [-0.25, -0.2) is 13.1 Å². The van der Waals surface area contributed by atoms with Crippen molar-refractivity contribution in [3.05, 3.63) is 0 Å². The third-order valence-electron chi connectivity index (χ3n) is 3.15. The normalized spacial score (nSPS) is 26.7. The summed E-state index contributed by atoms with van der Waals surface area (Å²) in [4.78, 5) is 0. The molecule has 0 aromatic carbocycles. The molecular formula is C11H24N2O2S. The Morgan fingerprint density at radius 1 is 1.38 bits per heavy atom. The quantitative estimate of drug-likeness (QED) is 0.632. The lowest BCUT2D eigenvalue weighted by molar-refractivity contribution is 0.552. The Morgan fingerprint density at radius 3 is 2.56 bits per heavy atom. The molecule has 0 aromatic heterocycles. The largest absolute Gasteiger partial charge is 0.315 e.